The molecule has 0 saturated carbocycles. The molecule has 0 aliphatic rings. The van der Waals surface area contributed by atoms with Crippen LogP contribution >= 0.6 is 0 Å². The van der Waals surface area contributed by atoms with E-state index in [4.69, 9.17) is 0 Å². The SMILES string of the molecule is CCC(C)NC(C)(CO)c1cccc(-n2cnnn2)c1. The first-order chi connectivity index (χ1) is 9.59. The van der Waals surface area contributed by atoms with E-state index in [0.717, 1.165) is 17.7 Å². The zero-order valence-electron chi connectivity index (χ0n) is 12.1. The molecule has 0 radical (unpaired) electrons. The molecule has 0 aliphatic heterocycles. The summed E-state index contributed by atoms with van der Waals surface area (Å²) < 4.78 is 1.60. The summed E-state index contributed by atoms with van der Waals surface area (Å²) in [5, 5.41) is 24.4. The molecule has 108 valence electrons. The highest BCUT2D eigenvalue weighted by atomic mass is 16.3. The van der Waals surface area contributed by atoms with Gasteiger partial charge in [0.15, 0.2) is 0 Å². The van der Waals surface area contributed by atoms with Crippen molar-refractivity contribution in [3.8, 4) is 5.69 Å². The molecule has 6 nitrogen and oxygen atoms in total. The van der Waals surface area contributed by atoms with Crippen molar-refractivity contribution in [3.05, 3.63) is 36.2 Å². The maximum absolute atomic E-state index is 9.79. The normalized spacial score (nSPS) is 15.8. The van der Waals surface area contributed by atoms with E-state index >= 15 is 0 Å². The highest BCUT2D eigenvalue weighted by Crippen LogP contribution is 2.23. The second-order valence-corrected chi connectivity index (χ2v) is 5.25. The van der Waals surface area contributed by atoms with Crippen molar-refractivity contribution in [2.24, 2.45) is 0 Å². The van der Waals surface area contributed by atoms with Crippen molar-refractivity contribution in [1.82, 2.24) is 25.5 Å². The Morgan fingerprint density at radius 2 is 2.25 bits per heavy atom. The van der Waals surface area contributed by atoms with Crippen LogP contribution in [0.25, 0.3) is 5.69 Å². The van der Waals surface area contributed by atoms with Crippen molar-refractivity contribution in [2.75, 3.05) is 6.61 Å². The predicted octanol–water partition coefficient (Wildman–Crippen LogP) is 1.26. The zero-order chi connectivity index (χ0) is 14.6. The quantitative estimate of drug-likeness (QED) is 0.830. The summed E-state index contributed by atoms with van der Waals surface area (Å²) in [6, 6.07) is 8.18. The highest BCUT2D eigenvalue weighted by molar-refractivity contribution is 5.38. The Kier molecular flexibility index (Phi) is 4.46. The third-order valence-corrected chi connectivity index (χ3v) is 3.59. The second-order valence-electron chi connectivity index (χ2n) is 5.25. The molecule has 2 N–H and O–H groups in total. The number of aromatic nitrogens is 4. The molecule has 0 saturated heterocycles. The lowest BCUT2D eigenvalue weighted by Crippen LogP contribution is -2.47. The third kappa shape index (κ3) is 3.02. The van der Waals surface area contributed by atoms with Crippen molar-refractivity contribution in [2.45, 2.75) is 38.8 Å². The van der Waals surface area contributed by atoms with Crippen LogP contribution in [0.1, 0.15) is 32.8 Å². The van der Waals surface area contributed by atoms with Gasteiger partial charge in [0.25, 0.3) is 0 Å². The number of aliphatic hydroxyl groups excluding tert-OH is 1. The first kappa shape index (κ1) is 14.6. The monoisotopic (exact) mass is 275 g/mol. The van der Waals surface area contributed by atoms with Gasteiger partial charge in [-0.05, 0) is 48.4 Å². The zero-order valence-corrected chi connectivity index (χ0v) is 12.1. The molecule has 1 aromatic carbocycles. The van der Waals surface area contributed by atoms with Gasteiger partial charge in [0, 0.05) is 6.04 Å². The molecule has 0 aliphatic carbocycles. The minimum atomic E-state index is -0.487. The van der Waals surface area contributed by atoms with Crippen molar-refractivity contribution < 1.29 is 5.11 Å². The molecular weight excluding hydrogens is 254 g/mol. The van der Waals surface area contributed by atoms with Gasteiger partial charge in [0.2, 0.25) is 0 Å². The van der Waals surface area contributed by atoms with Crippen LogP contribution in [0.5, 0.6) is 0 Å². The number of nitrogens with zero attached hydrogens (tertiary/aromatic N) is 4. The Balaban J connectivity index is 2.33. The molecule has 2 atom stereocenters. The van der Waals surface area contributed by atoms with Gasteiger partial charge >= 0.3 is 0 Å². The van der Waals surface area contributed by atoms with E-state index in [-0.39, 0.29) is 6.61 Å². The molecule has 1 heterocycles. The fourth-order valence-electron chi connectivity index (χ4n) is 2.14. The maximum Gasteiger partial charge on any atom is 0.143 e. The standard InChI is InChI=1S/C14H21N5O/c1-4-11(2)16-14(3,9-20)12-6-5-7-13(8-12)19-10-15-17-18-19/h5-8,10-11,16,20H,4,9H2,1-3H3. The summed E-state index contributed by atoms with van der Waals surface area (Å²) in [4.78, 5) is 0. The van der Waals surface area contributed by atoms with Gasteiger partial charge in [0.1, 0.15) is 6.33 Å². The van der Waals surface area contributed by atoms with E-state index in [1.54, 1.807) is 11.0 Å². The van der Waals surface area contributed by atoms with E-state index < -0.39 is 5.54 Å². The molecular formula is C14H21N5O. The number of nitrogens with one attached hydrogen (secondary N) is 1. The Hall–Kier alpha value is -1.79. The number of benzene rings is 1. The lowest BCUT2D eigenvalue weighted by molar-refractivity contribution is 0.162. The fraction of sp³-hybridized carbons (Fsp3) is 0.500. The molecule has 0 amide bonds. The average Bonchev–Trinajstić information content (AvgIpc) is 3.01. The molecule has 0 fully saturated rings. The van der Waals surface area contributed by atoms with Crippen molar-refractivity contribution in [3.63, 3.8) is 0 Å². The van der Waals surface area contributed by atoms with Crippen LogP contribution < -0.4 is 5.32 Å². The molecule has 0 spiro atoms. The van der Waals surface area contributed by atoms with E-state index in [1.165, 1.54) is 0 Å². The van der Waals surface area contributed by atoms with E-state index in [1.807, 2.05) is 31.2 Å². The largest absolute Gasteiger partial charge is 0.394 e. The van der Waals surface area contributed by atoms with Crippen LogP contribution in [0.3, 0.4) is 0 Å². The van der Waals surface area contributed by atoms with Gasteiger partial charge in [-0.25, -0.2) is 4.68 Å². The molecule has 2 aromatic rings. The molecule has 2 rings (SSSR count). The summed E-state index contributed by atoms with van der Waals surface area (Å²) in [7, 11) is 0. The third-order valence-electron chi connectivity index (χ3n) is 3.59. The number of rotatable bonds is 6. The summed E-state index contributed by atoms with van der Waals surface area (Å²) in [6.45, 7) is 6.25. The number of hydrogen-bond donors (Lipinski definition) is 2. The summed E-state index contributed by atoms with van der Waals surface area (Å²) >= 11 is 0. The van der Waals surface area contributed by atoms with Gasteiger partial charge in [-0.3, -0.25) is 0 Å². The lowest BCUT2D eigenvalue weighted by Gasteiger charge is -2.33. The molecule has 6 heteroatoms. The summed E-state index contributed by atoms with van der Waals surface area (Å²) in [6.07, 6.45) is 2.56. The number of tetrazole rings is 1. The molecule has 20 heavy (non-hydrogen) atoms. The number of aliphatic hydroxyl groups is 1. The van der Waals surface area contributed by atoms with Crippen molar-refractivity contribution >= 4 is 0 Å². The van der Waals surface area contributed by atoms with E-state index in [9.17, 15) is 5.11 Å². The Morgan fingerprint density at radius 3 is 2.85 bits per heavy atom. The summed E-state index contributed by atoms with van der Waals surface area (Å²) in [5.41, 5.74) is 1.39. The maximum atomic E-state index is 9.79. The predicted molar refractivity (Wildman–Crippen MR) is 76.5 cm³/mol. The van der Waals surface area contributed by atoms with E-state index in [0.29, 0.717) is 6.04 Å². The molecule has 0 bridgehead atoms. The first-order valence-corrected chi connectivity index (χ1v) is 6.81. The van der Waals surface area contributed by atoms with E-state index in [2.05, 4.69) is 34.7 Å². The highest BCUT2D eigenvalue weighted by Gasteiger charge is 2.27. The van der Waals surface area contributed by atoms with Gasteiger partial charge in [0.05, 0.1) is 17.8 Å². The van der Waals surface area contributed by atoms with Gasteiger partial charge in [-0.15, -0.1) is 5.10 Å². The van der Waals surface area contributed by atoms with Crippen LogP contribution in [0, 0.1) is 0 Å². The molecule has 1 aromatic heterocycles. The summed E-state index contributed by atoms with van der Waals surface area (Å²) in [5.74, 6) is 0. The van der Waals surface area contributed by atoms with Gasteiger partial charge < -0.3 is 10.4 Å². The molecule has 2 unspecified atom stereocenters. The van der Waals surface area contributed by atoms with Crippen LogP contribution in [-0.2, 0) is 5.54 Å². The first-order valence-electron chi connectivity index (χ1n) is 6.81. The lowest BCUT2D eigenvalue weighted by atomic mass is 9.91. The van der Waals surface area contributed by atoms with Crippen LogP contribution in [0.15, 0.2) is 30.6 Å². The Morgan fingerprint density at radius 1 is 1.45 bits per heavy atom. The van der Waals surface area contributed by atoms with Crippen molar-refractivity contribution in [1.29, 1.82) is 0 Å². The fourth-order valence-corrected chi connectivity index (χ4v) is 2.14. The Labute approximate surface area is 118 Å². The minimum Gasteiger partial charge on any atom is -0.394 e. The smallest absolute Gasteiger partial charge is 0.143 e. The van der Waals surface area contributed by atoms with Gasteiger partial charge in [-0.1, -0.05) is 19.1 Å². The van der Waals surface area contributed by atoms with Crippen LogP contribution in [0.4, 0.5) is 0 Å². The van der Waals surface area contributed by atoms with Crippen LogP contribution in [-0.4, -0.2) is 38.0 Å². The van der Waals surface area contributed by atoms with Gasteiger partial charge in [-0.2, -0.15) is 0 Å². The van der Waals surface area contributed by atoms with Crippen LogP contribution in [0.2, 0.25) is 0 Å². The topological polar surface area (TPSA) is 75.9 Å². The second kappa shape index (κ2) is 6.11. The number of hydrogen-bond acceptors (Lipinski definition) is 5. The average molecular weight is 275 g/mol. The Bertz CT molecular complexity index is 542. The minimum absolute atomic E-state index is 0.0242.